The van der Waals surface area contributed by atoms with Crippen molar-refractivity contribution in [3.8, 4) is 0 Å². The zero-order chi connectivity index (χ0) is 15.5. The molecule has 126 valence electrons. The van der Waals surface area contributed by atoms with Crippen LogP contribution < -0.4 is 10.6 Å². The van der Waals surface area contributed by atoms with Gasteiger partial charge in [-0.3, -0.25) is 14.5 Å². The second-order valence-electron chi connectivity index (χ2n) is 5.75. The van der Waals surface area contributed by atoms with E-state index in [2.05, 4.69) is 4.90 Å². The molecule has 0 aliphatic carbocycles. The highest BCUT2D eigenvalue weighted by Gasteiger charge is 2.37. The van der Waals surface area contributed by atoms with Gasteiger partial charge in [-0.15, -0.1) is 12.4 Å². The fourth-order valence-corrected chi connectivity index (χ4v) is 3.28. The Morgan fingerprint density at radius 3 is 2.35 bits per heavy atom. The van der Waals surface area contributed by atoms with Gasteiger partial charge < -0.3 is 15.5 Å². The van der Waals surface area contributed by atoms with E-state index < -0.39 is 0 Å². The smallest absolute Gasteiger partial charge is 0.244 e. The lowest BCUT2D eigenvalue weighted by Gasteiger charge is -2.37. The fourth-order valence-electron chi connectivity index (χ4n) is 3.28. The molecule has 7 heteroatoms. The van der Waals surface area contributed by atoms with Gasteiger partial charge in [-0.05, 0) is 18.6 Å². The largest absolute Gasteiger partial charge is 0.339 e. The van der Waals surface area contributed by atoms with Crippen LogP contribution in [0.25, 0.3) is 0 Å². The molecule has 2 aliphatic rings. The first-order valence-corrected chi connectivity index (χ1v) is 7.79. The lowest BCUT2D eigenvalue weighted by Crippen LogP contribution is -2.54. The molecule has 1 aromatic carbocycles. The van der Waals surface area contributed by atoms with Gasteiger partial charge in [0.1, 0.15) is 0 Å². The van der Waals surface area contributed by atoms with Gasteiger partial charge in [-0.2, -0.15) is 0 Å². The van der Waals surface area contributed by atoms with Gasteiger partial charge in [0, 0.05) is 38.4 Å². The third kappa shape index (κ3) is 3.65. The molecule has 1 unspecified atom stereocenters. The van der Waals surface area contributed by atoms with E-state index in [0.29, 0.717) is 13.1 Å². The molecule has 0 saturated carbocycles. The Balaban J connectivity index is 0.00000192. The first kappa shape index (κ1) is 17.7. The molecule has 2 amide bonds. The van der Waals surface area contributed by atoms with Crippen LogP contribution in [0.3, 0.4) is 0 Å². The highest BCUT2D eigenvalue weighted by Crippen LogP contribution is 2.24. The van der Waals surface area contributed by atoms with Crippen LogP contribution in [0.1, 0.15) is 6.42 Å². The maximum atomic E-state index is 12.7. The zero-order valence-electron chi connectivity index (χ0n) is 13.1. The number of halogens is 1. The number of carbonyl (C=O) groups is 2. The van der Waals surface area contributed by atoms with Gasteiger partial charge in [0.2, 0.25) is 11.8 Å². The molecule has 6 nitrogen and oxygen atoms in total. The van der Waals surface area contributed by atoms with E-state index in [4.69, 9.17) is 5.73 Å². The summed E-state index contributed by atoms with van der Waals surface area (Å²) in [6.45, 7) is 3.62. The van der Waals surface area contributed by atoms with Gasteiger partial charge in [0.25, 0.3) is 0 Å². The number of piperazine rings is 1. The van der Waals surface area contributed by atoms with Crippen molar-refractivity contribution in [2.45, 2.75) is 12.5 Å². The van der Waals surface area contributed by atoms with Crippen LogP contribution in [0.15, 0.2) is 30.3 Å². The lowest BCUT2D eigenvalue weighted by atomic mass is 10.2. The van der Waals surface area contributed by atoms with Gasteiger partial charge in [-0.1, -0.05) is 18.2 Å². The number of hydrogen-bond donors (Lipinski definition) is 1. The number of hydrogen-bond acceptors (Lipinski definition) is 4. The van der Waals surface area contributed by atoms with Crippen LogP contribution in [0.5, 0.6) is 0 Å². The first-order chi connectivity index (χ1) is 10.7. The topological polar surface area (TPSA) is 69.9 Å². The summed E-state index contributed by atoms with van der Waals surface area (Å²) in [5.41, 5.74) is 6.36. The molecule has 0 radical (unpaired) electrons. The molecule has 0 aromatic heterocycles. The normalized spacial score (nSPS) is 22.1. The minimum Gasteiger partial charge on any atom is -0.339 e. The number of carbonyl (C=O) groups excluding carboxylic acids is 2. The molecule has 3 rings (SSSR count). The second-order valence-corrected chi connectivity index (χ2v) is 5.75. The van der Waals surface area contributed by atoms with Crippen molar-refractivity contribution in [3.05, 3.63) is 30.3 Å². The molecule has 0 bridgehead atoms. The highest BCUT2D eigenvalue weighted by atomic mass is 35.5. The molecular formula is C16H23ClN4O2. The fraction of sp³-hybridized carbons (Fsp3) is 0.500. The van der Waals surface area contributed by atoms with Crippen LogP contribution in [0.2, 0.25) is 0 Å². The molecule has 2 heterocycles. The van der Waals surface area contributed by atoms with Crippen molar-refractivity contribution in [2.24, 2.45) is 5.73 Å². The Morgan fingerprint density at radius 2 is 1.74 bits per heavy atom. The summed E-state index contributed by atoms with van der Waals surface area (Å²) in [7, 11) is 0. The number of para-hydroxylation sites is 1. The van der Waals surface area contributed by atoms with E-state index in [9.17, 15) is 9.59 Å². The predicted octanol–water partition coefficient (Wildman–Crippen LogP) is 0.317. The molecule has 1 aromatic rings. The number of benzene rings is 1. The van der Waals surface area contributed by atoms with Crippen LogP contribution in [0, 0.1) is 0 Å². The average Bonchev–Trinajstić information content (AvgIpc) is 2.96. The first-order valence-electron chi connectivity index (χ1n) is 7.79. The van der Waals surface area contributed by atoms with Crippen molar-refractivity contribution in [1.29, 1.82) is 0 Å². The van der Waals surface area contributed by atoms with E-state index in [1.54, 1.807) is 4.90 Å². The number of anilines is 1. The van der Waals surface area contributed by atoms with Gasteiger partial charge in [0.05, 0.1) is 12.6 Å². The average molecular weight is 339 g/mol. The Morgan fingerprint density at radius 1 is 1.09 bits per heavy atom. The summed E-state index contributed by atoms with van der Waals surface area (Å²) < 4.78 is 0. The monoisotopic (exact) mass is 338 g/mol. The maximum Gasteiger partial charge on any atom is 0.244 e. The van der Waals surface area contributed by atoms with Crippen LogP contribution in [-0.2, 0) is 9.59 Å². The van der Waals surface area contributed by atoms with E-state index in [1.807, 2.05) is 35.2 Å². The molecule has 2 N–H and O–H groups in total. The van der Waals surface area contributed by atoms with Crippen molar-refractivity contribution >= 4 is 29.9 Å². The zero-order valence-corrected chi connectivity index (χ0v) is 13.9. The molecule has 2 aliphatic heterocycles. The third-order valence-electron chi connectivity index (χ3n) is 4.53. The van der Waals surface area contributed by atoms with Gasteiger partial charge in [0.15, 0.2) is 0 Å². The molecule has 2 fully saturated rings. The van der Waals surface area contributed by atoms with Crippen molar-refractivity contribution < 1.29 is 9.59 Å². The Kier molecular flexibility index (Phi) is 5.98. The molecule has 1 atom stereocenters. The van der Waals surface area contributed by atoms with Crippen LogP contribution in [-0.4, -0.2) is 66.9 Å². The summed E-state index contributed by atoms with van der Waals surface area (Å²) in [5, 5.41) is 0. The van der Waals surface area contributed by atoms with E-state index in [0.717, 1.165) is 31.7 Å². The Bertz CT molecular complexity index is 546. The number of nitrogens with two attached hydrogens (primary N) is 1. The standard InChI is InChI=1S/C16H22N4O2.ClH/c17-12-15(21)19-10-8-18(9-11-19)14-6-7-20(16(14)22)13-4-2-1-3-5-13;/h1-5,14H,6-12,17H2;1H. The minimum absolute atomic E-state index is 0. The molecular weight excluding hydrogens is 316 g/mol. The number of amides is 2. The highest BCUT2D eigenvalue weighted by molar-refractivity contribution is 5.99. The summed E-state index contributed by atoms with van der Waals surface area (Å²) in [6.07, 6.45) is 0.846. The van der Waals surface area contributed by atoms with E-state index in [1.165, 1.54) is 0 Å². The lowest BCUT2D eigenvalue weighted by molar-refractivity contribution is -0.132. The summed E-state index contributed by atoms with van der Waals surface area (Å²) in [5.74, 6) is 0.160. The minimum atomic E-state index is -0.0599. The van der Waals surface area contributed by atoms with E-state index >= 15 is 0 Å². The van der Waals surface area contributed by atoms with Gasteiger partial charge in [-0.25, -0.2) is 0 Å². The summed E-state index contributed by atoms with van der Waals surface area (Å²) in [4.78, 5) is 30.1. The predicted molar refractivity (Wildman–Crippen MR) is 91.7 cm³/mol. The van der Waals surface area contributed by atoms with E-state index in [-0.39, 0.29) is 36.8 Å². The van der Waals surface area contributed by atoms with Gasteiger partial charge >= 0.3 is 0 Å². The summed E-state index contributed by atoms with van der Waals surface area (Å²) in [6, 6.07) is 9.74. The van der Waals surface area contributed by atoms with Crippen LogP contribution >= 0.6 is 12.4 Å². The Labute approximate surface area is 142 Å². The van der Waals surface area contributed by atoms with Crippen LogP contribution in [0.4, 0.5) is 5.69 Å². The van der Waals surface area contributed by atoms with Crippen molar-refractivity contribution in [3.63, 3.8) is 0 Å². The third-order valence-corrected chi connectivity index (χ3v) is 4.53. The summed E-state index contributed by atoms with van der Waals surface area (Å²) >= 11 is 0. The quantitative estimate of drug-likeness (QED) is 0.861. The molecule has 23 heavy (non-hydrogen) atoms. The van der Waals surface area contributed by atoms with Crippen molar-refractivity contribution in [1.82, 2.24) is 9.80 Å². The number of rotatable bonds is 3. The SMILES string of the molecule is Cl.NCC(=O)N1CCN(C2CCN(c3ccccc3)C2=O)CC1. The second kappa shape index (κ2) is 7.77. The Hall–Kier alpha value is -1.63. The molecule has 2 saturated heterocycles. The number of nitrogens with zero attached hydrogens (tertiary/aromatic N) is 3. The molecule has 0 spiro atoms. The maximum absolute atomic E-state index is 12.7. The van der Waals surface area contributed by atoms with Crippen molar-refractivity contribution in [2.75, 3.05) is 44.2 Å².